The van der Waals surface area contributed by atoms with E-state index in [9.17, 15) is 18.0 Å². The van der Waals surface area contributed by atoms with Crippen molar-refractivity contribution in [2.45, 2.75) is 32.0 Å². The molecule has 1 aliphatic carbocycles. The number of carbonyl (C=O) groups is 1. The fourth-order valence-corrected chi connectivity index (χ4v) is 2.34. The quantitative estimate of drug-likeness (QED) is 0.920. The SMILES string of the molecule is CCN(C(=O)c1cccc(C(F)(F)F)c1NC)C1CC1. The van der Waals surface area contributed by atoms with Gasteiger partial charge in [-0.25, -0.2) is 0 Å². The molecule has 20 heavy (non-hydrogen) atoms. The van der Waals surface area contributed by atoms with Gasteiger partial charge in [0.25, 0.3) is 5.91 Å². The Morgan fingerprint density at radius 2 is 2.05 bits per heavy atom. The molecule has 2 rings (SSSR count). The van der Waals surface area contributed by atoms with Gasteiger partial charge in [-0.1, -0.05) is 6.07 Å². The average molecular weight is 286 g/mol. The lowest BCUT2D eigenvalue weighted by Gasteiger charge is -2.23. The Labute approximate surface area is 115 Å². The molecule has 6 heteroatoms. The Balaban J connectivity index is 2.43. The van der Waals surface area contributed by atoms with Crippen molar-refractivity contribution in [3.63, 3.8) is 0 Å². The van der Waals surface area contributed by atoms with Gasteiger partial charge in [-0.05, 0) is 31.9 Å². The molecular formula is C14H17F3N2O. The largest absolute Gasteiger partial charge is 0.418 e. The highest BCUT2D eigenvalue weighted by molar-refractivity contribution is 6.00. The van der Waals surface area contributed by atoms with Crippen LogP contribution in [0.4, 0.5) is 18.9 Å². The molecule has 110 valence electrons. The Morgan fingerprint density at radius 3 is 2.50 bits per heavy atom. The normalized spacial score (nSPS) is 15.1. The zero-order valence-corrected chi connectivity index (χ0v) is 11.4. The Bertz CT molecular complexity index is 510. The highest BCUT2D eigenvalue weighted by Crippen LogP contribution is 2.37. The summed E-state index contributed by atoms with van der Waals surface area (Å²) in [5, 5.41) is 2.52. The van der Waals surface area contributed by atoms with Gasteiger partial charge in [-0.3, -0.25) is 4.79 Å². The lowest BCUT2D eigenvalue weighted by Crippen LogP contribution is -2.33. The molecule has 1 aliphatic rings. The monoisotopic (exact) mass is 286 g/mol. The fourth-order valence-electron chi connectivity index (χ4n) is 2.34. The van der Waals surface area contributed by atoms with Crippen molar-refractivity contribution in [3.05, 3.63) is 29.3 Å². The van der Waals surface area contributed by atoms with Crippen molar-refractivity contribution in [1.82, 2.24) is 4.90 Å². The lowest BCUT2D eigenvalue weighted by atomic mass is 10.0. The van der Waals surface area contributed by atoms with Gasteiger partial charge in [0.15, 0.2) is 0 Å². The molecule has 0 radical (unpaired) electrons. The molecule has 0 spiro atoms. The number of para-hydroxylation sites is 1. The van der Waals surface area contributed by atoms with Gasteiger partial charge in [0.2, 0.25) is 0 Å². The average Bonchev–Trinajstić information content (AvgIpc) is 3.22. The van der Waals surface area contributed by atoms with Crippen LogP contribution >= 0.6 is 0 Å². The molecule has 1 aromatic rings. The number of nitrogens with one attached hydrogen (secondary N) is 1. The molecule has 1 N–H and O–H groups in total. The third kappa shape index (κ3) is 2.73. The van der Waals surface area contributed by atoms with E-state index in [-0.39, 0.29) is 23.2 Å². The minimum absolute atomic E-state index is 0.0797. The second-order valence-corrected chi connectivity index (χ2v) is 4.80. The maximum absolute atomic E-state index is 13.0. The number of anilines is 1. The summed E-state index contributed by atoms with van der Waals surface area (Å²) in [6, 6.07) is 3.87. The third-order valence-electron chi connectivity index (χ3n) is 3.44. The first-order valence-electron chi connectivity index (χ1n) is 6.59. The molecule has 1 aromatic carbocycles. The number of halogens is 3. The van der Waals surface area contributed by atoms with Crippen molar-refractivity contribution < 1.29 is 18.0 Å². The highest BCUT2D eigenvalue weighted by atomic mass is 19.4. The maximum Gasteiger partial charge on any atom is 0.418 e. The summed E-state index contributed by atoms with van der Waals surface area (Å²) >= 11 is 0. The van der Waals surface area contributed by atoms with Gasteiger partial charge in [-0.15, -0.1) is 0 Å². The van der Waals surface area contributed by atoms with E-state index < -0.39 is 11.7 Å². The molecule has 1 fully saturated rings. The van der Waals surface area contributed by atoms with E-state index in [0.29, 0.717) is 6.54 Å². The predicted octanol–water partition coefficient (Wildman–Crippen LogP) is 3.37. The minimum atomic E-state index is -4.48. The Kier molecular flexibility index (Phi) is 3.92. The van der Waals surface area contributed by atoms with Gasteiger partial charge in [0.1, 0.15) is 0 Å². The minimum Gasteiger partial charge on any atom is -0.387 e. The van der Waals surface area contributed by atoms with Gasteiger partial charge in [-0.2, -0.15) is 13.2 Å². The molecule has 0 heterocycles. The van der Waals surface area contributed by atoms with Crippen LogP contribution in [0.5, 0.6) is 0 Å². The molecule has 0 unspecified atom stereocenters. The number of benzene rings is 1. The summed E-state index contributed by atoms with van der Waals surface area (Å²) in [7, 11) is 1.40. The molecule has 0 atom stereocenters. The van der Waals surface area contributed by atoms with Crippen LogP contribution in [-0.4, -0.2) is 30.4 Å². The van der Waals surface area contributed by atoms with Gasteiger partial charge >= 0.3 is 6.18 Å². The van der Waals surface area contributed by atoms with Gasteiger partial charge in [0.05, 0.1) is 16.8 Å². The molecule has 3 nitrogen and oxygen atoms in total. The summed E-state index contributed by atoms with van der Waals surface area (Å²) in [6.07, 6.45) is -2.63. The maximum atomic E-state index is 13.0. The van der Waals surface area contributed by atoms with Crippen LogP contribution in [0, 0.1) is 0 Å². The van der Waals surface area contributed by atoms with E-state index in [2.05, 4.69) is 5.32 Å². The van der Waals surface area contributed by atoms with E-state index >= 15 is 0 Å². The van der Waals surface area contributed by atoms with E-state index in [0.717, 1.165) is 18.9 Å². The first-order valence-corrected chi connectivity index (χ1v) is 6.59. The van der Waals surface area contributed by atoms with Crippen LogP contribution in [-0.2, 0) is 6.18 Å². The van der Waals surface area contributed by atoms with Crippen LogP contribution in [0.25, 0.3) is 0 Å². The van der Waals surface area contributed by atoms with Crippen molar-refractivity contribution in [2.24, 2.45) is 0 Å². The molecular weight excluding hydrogens is 269 g/mol. The zero-order valence-electron chi connectivity index (χ0n) is 11.4. The number of hydrogen-bond donors (Lipinski definition) is 1. The second kappa shape index (κ2) is 5.34. The van der Waals surface area contributed by atoms with E-state index in [1.54, 1.807) is 4.90 Å². The second-order valence-electron chi connectivity index (χ2n) is 4.80. The van der Waals surface area contributed by atoms with Crippen molar-refractivity contribution in [2.75, 3.05) is 18.9 Å². The van der Waals surface area contributed by atoms with E-state index in [4.69, 9.17) is 0 Å². The summed E-state index contributed by atoms with van der Waals surface area (Å²) in [5.74, 6) is -0.342. The molecule has 0 aromatic heterocycles. The van der Waals surface area contributed by atoms with Gasteiger partial charge in [0, 0.05) is 19.6 Å². The number of rotatable bonds is 4. The Hall–Kier alpha value is -1.72. The molecule has 1 amide bonds. The topological polar surface area (TPSA) is 32.3 Å². The lowest BCUT2D eigenvalue weighted by molar-refractivity contribution is -0.136. The van der Waals surface area contributed by atoms with Crippen LogP contribution in [0.3, 0.4) is 0 Å². The molecule has 0 aliphatic heterocycles. The summed E-state index contributed by atoms with van der Waals surface area (Å²) in [4.78, 5) is 14.1. The van der Waals surface area contributed by atoms with Crippen LogP contribution < -0.4 is 5.32 Å². The smallest absolute Gasteiger partial charge is 0.387 e. The van der Waals surface area contributed by atoms with Crippen molar-refractivity contribution in [3.8, 4) is 0 Å². The van der Waals surface area contributed by atoms with E-state index in [1.807, 2.05) is 6.92 Å². The number of hydrogen-bond acceptors (Lipinski definition) is 2. The van der Waals surface area contributed by atoms with Crippen molar-refractivity contribution in [1.29, 1.82) is 0 Å². The standard InChI is InChI=1S/C14H17F3N2O/c1-3-19(9-7-8-9)13(20)10-5-4-6-11(12(10)18-2)14(15,16)17/h4-6,9,18H,3,7-8H2,1-2H3. The predicted molar refractivity (Wildman–Crippen MR) is 70.7 cm³/mol. The van der Waals surface area contributed by atoms with Crippen LogP contribution in [0.1, 0.15) is 35.7 Å². The summed E-state index contributed by atoms with van der Waals surface area (Å²) < 4.78 is 38.9. The summed E-state index contributed by atoms with van der Waals surface area (Å²) in [5.41, 5.74) is -0.877. The molecule has 1 saturated carbocycles. The number of amides is 1. The number of alkyl halides is 3. The molecule has 0 bridgehead atoms. The van der Waals surface area contributed by atoms with E-state index in [1.165, 1.54) is 19.2 Å². The zero-order chi connectivity index (χ0) is 14.9. The first-order chi connectivity index (χ1) is 9.40. The highest BCUT2D eigenvalue weighted by Gasteiger charge is 2.37. The number of carbonyl (C=O) groups excluding carboxylic acids is 1. The summed E-state index contributed by atoms with van der Waals surface area (Å²) in [6.45, 7) is 2.34. The molecule has 0 saturated heterocycles. The Morgan fingerprint density at radius 1 is 1.40 bits per heavy atom. The first kappa shape index (κ1) is 14.7. The van der Waals surface area contributed by atoms with Crippen LogP contribution in [0.2, 0.25) is 0 Å². The fraction of sp³-hybridized carbons (Fsp3) is 0.500. The van der Waals surface area contributed by atoms with Crippen LogP contribution in [0.15, 0.2) is 18.2 Å². The van der Waals surface area contributed by atoms with Crippen molar-refractivity contribution >= 4 is 11.6 Å². The van der Waals surface area contributed by atoms with Gasteiger partial charge < -0.3 is 10.2 Å². The third-order valence-corrected chi connectivity index (χ3v) is 3.44. The number of nitrogens with zero attached hydrogens (tertiary/aromatic N) is 1.